The summed E-state index contributed by atoms with van der Waals surface area (Å²) in [6.07, 6.45) is 2.67. The van der Waals surface area contributed by atoms with E-state index in [1.807, 2.05) is 13.0 Å². The van der Waals surface area contributed by atoms with Crippen molar-refractivity contribution in [3.8, 4) is 5.75 Å². The van der Waals surface area contributed by atoms with Crippen molar-refractivity contribution in [1.82, 2.24) is 14.9 Å². The number of carbonyl (C=O) groups is 1. The molecular weight excluding hydrogens is 333 g/mol. The Bertz CT molecular complexity index is 982. The number of phenols is 1. The van der Waals surface area contributed by atoms with Crippen LogP contribution in [0.3, 0.4) is 0 Å². The summed E-state index contributed by atoms with van der Waals surface area (Å²) in [6.45, 7) is 2.47. The minimum absolute atomic E-state index is 0.00833. The Labute approximate surface area is 150 Å². The Morgan fingerprint density at radius 2 is 2.12 bits per heavy atom. The van der Waals surface area contributed by atoms with Gasteiger partial charge in [-0.25, -0.2) is 9.37 Å². The highest BCUT2D eigenvalue weighted by Crippen LogP contribution is 2.33. The summed E-state index contributed by atoms with van der Waals surface area (Å²) in [7, 11) is 0. The third-order valence-corrected chi connectivity index (χ3v) is 4.93. The summed E-state index contributed by atoms with van der Waals surface area (Å²) in [6, 6.07) is 9.27. The van der Waals surface area contributed by atoms with Crippen LogP contribution in [0.1, 0.15) is 47.1 Å². The van der Waals surface area contributed by atoms with Crippen molar-refractivity contribution in [2.75, 3.05) is 6.54 Å². The lowest BCUT2D eigenvalue weighted by Crippen LogP contribution is -2.39. The maximum absolute atomic E-state index is 13.5. The molecule has 1 aliphatic heterocycles. The fourth-order valence-corrected chi connectivity index (χ4v) is 3.60. The first kappa shape index (κ1) is 16.6. The summed E-state index contributed by atoms with van der Waals surface area (Å²) < 4.78 is 13.5. The zero-order valence-corrected chi connectivity index (χ0v) is 14.5. The first-order chi connectivity index (χ1) is 12.5. The number of H-pyrrole nitrogens is 1. The normalized spacial score (nSPS) is 17.6. The highest BCUT2D eigenvalue weighted by Gasteiger charge is 2.31. The van der Waals surface area contributed by atoms with Crippen LogP contribution in [0, 0.1) is 12.7 Å². The van der Waals surface area contributed by atoms with Gasteiger partial charge in [-0.15, -0.1) is 0 Å². The number of rotatable bonds is 2. The van der Waals surface area contributed by atoms with Gasteiger partial charge in [-0.1, -0.05) is 6.07 Å². The van der Waals surface area contributed by atoms with E-state index in [2.05, 4.69) is 9.97 Å². The summed E-state index contributed by atoms with van der Waals surface area (Å²) in [5.74, 6) is 0.115. The number of benzene rings is 2. The van der Waals surface area contributed by atoms with Crippen LogP contribution in [0.15, 0.2) is 36.4 Å². The van der Waals surface area contributed by atoms with Gasteiger partial charge in [0.25, 0.3) is 5.91 Å². The Balaban J connectivity index is 1.70. The number of piperidine rings is 1. The van der Waals surface area contributed by atoms with Gasteiger partial charge in [0.05, 0.1) is 22.6 Å². The van der Waals surface area contributed by atoms with Gasteiger partial charge < -0.3 is 15.0 Å². The van der Waals surface area contributed by atoms with Crippen molar-refractivity contribution in [3.05, 3.63) is 59.2 Å². The van der Waals surface area contributed by atoms with E-state index in [0.717, 1.165) is 24.8 Å². The lowest BCUT2D eigenvalue weighted by Gasteiger charge is -2.34. The minimum atomic E-state index is -0.325. The number of aromatic amines is 1. The quantitative estimate of drug-likeness (QED) is 0.729. The molecule has 2 aromatic carbocycles. The number of halogens is 1. The van der Waals surface area contributed by atoms with E-state index in [1.165, 1.54) is 12.1 Å². The number of nitrogens with one attached hydrogen (secondary N) is 1. The van der Waals surface area contributed by atoms with E-state index >= 15 is 0 Å². The molecule has 1 amide bonds. The van der Waals surface area contributed by atoms with Crippen molar-refractivity contribution in [1.29, 1.82) is 0 Å². The molecule has 2 N–H and O–H groups in total. The van der Waals surface area contributed by atoms with Crippen molar-refractivity contribution in [2.24, 2.45) is 0 Å². The van der Waals surface area contributed by atoms with Crippen LogP contribution in [0.4, 0.5) is 4.39 Å². The first-order valence-electron chi connectivity index (χ1n) is 8.78. The number of phenolic OH excluding ortho intramolecular Hbond substituents is 1. The topological polar surface area (TPSA) is 69.2 Å². The minimum Gasteiger partial charge on any atom is -0.507 e. The lowest BCUT2D eigenvalue weighted by molar-refractivity contribution is 0.0598. The summed E-state index contributed by atoms with van der Waals surface area (Å²) in [5, 5.41) is 10.2. The maximum atomic E-state index is 13.5. The molecule has 26 heavy (non-hydrogen) atoms. The number of aromatic nitrogens is 2. The molecule has 0 bridgehead atoms. The summed E-state index contributed by atoms with van der Waals surface area (Å²) >= 11 is 0. The van der Waals surface area contributed by atoms with Crippen molar-refractivity contribution >= 4 is 16.9 Å². The fourth-order valence-electron chi connectivity index (χ4n) is 3.60. The molecule has 6 heteroatoms. The third-order valence-electron chi connectivity index (χ3n) is 4.93. The molecule has 0 unspecified atom stereocenters. The molecule has 0 aliphatic carbocycles. The maximum Gasteiger partial charge on any atom is 0.258 e. The number of imidazole rings is 1. The van der Waals surface area contributed by atoms with E-state index in [4.69, 9.17) is 0 Å². The number of hydrogen-bond donors (Lipinski definition) is 2. The highest BCUT2D eigenvalue weighted by atomic mass is 19.1. The largest absolute Gasteiger partial charge is 0.507 e. The molecule has 1 atom stereocenters. The van der Waals surface area contributed by atoms with E-state index in [-0.39, 0.29) is 23.5 Å². The van der Waals surface area contributed by atoms with Crippen LogP contribution in [0.5, 0.6) is 5.75 Å². The molecule has 2 heterocycles. The zero-order valence-electron chi connectivity index (χ0n) is 14.5. The van der Waals surface area contributed by atoms with Crippen molar-refractivity contribution < 1.29 is 14.3 Å². The van der Waals surface area contributed by atoms with Crippen LogP contribution in [0.25, 0.3) is 11.0 Å². The van der Waals surface area contributed by atoms with Crippen LogP contribution in [-0.2, 0) is 0 Å². The molecule has 1 saturated heterocycles. The molecule has 1 fully saturated rings. The van der Waals surface area contributed by atoms with Gasteiger partial charge in [0.15, 0.2) is 0 Å². The van der Waals surface area contributed by atoms with E-state index in [1.54, 1.807) is 23.1 Å². The van der Waals surface area contributed by atoms with Crippen molar-refractivity contribution in [3.63, 3.8) is 0 Å². The van der Waals surface area contributed by atoms with Crippen LogP contribution in [-0.4, -0.2) is 32.4 Å². The molecule has 0 saturated carbocycles. The smallest absolute Gasteiger partial charge is 0.258 e. The predicted octanol–water partition coefficient (Wildman–Crippen LogP) is 4.08. The van der Waals surface area contributed by atoms with Gasteiger partial charge in [-0.2, -0.15) is 0 Å². The first-order valence-corrected chi connectivity index (χ1v) is 8.78. The Morgan fingerprint density at radius 1 is 1.27 bits per heavy atom. The number of aromatic hydroxyl groups is 1. The van der Waals surface area contributed by atoms with Gasteiger partial charge in [0, 0.05) is 6.54 Å². The molecule has 1 aliphatic rings. The number of hydrogen-bond acceptors (Lipinski definition) is 3. The second kappa shape index (κ2) is 6.44. The zero-order chi connectivity index (χ0) is 18.3. The summed E-state index contributed by atoms with van der Waals surface area (Å²) in [5.41, 5.74) is 2.49. The number of likely N-dealkylation sites (tertiary alicyclic amines) is 1. The van der Waals surface area contributed by atoms with Gasteiger partial charge in [-0.3, -0.25) is 4.79 Å². The monoisotopic (exact) mass is 353 g/mol. The number of carbonyl (C=O) groups excluding carboxylic acids is 1. The van der Waals surface area contributed by atoms with Gasteiger partial charge in [0.1, 0.15) is 17.4 Å². The standard InChI is InChI=1S/C20H20FN3O2/c1-12-5-7-14(18(25)10-12)20(26)24-9-3-2-4-17(24)19-22-15-8-6-13(21)11-16(15)23-19/h5-8,10-11,17,25H,2-4,9H2,1H3,(H,22,23)/t17-/m0/s1. The van der Waals surface area contributed by atoms with E-state index < -0.39 is 0 Å². The SMILES string of the molecule is Cc1ccc(C(=O)N2CCCC[C@H]2c2nc3ccc(F)cc3[nH]2)c(O)c1. The van der Waals surface area contributed by atoms with Crippen LogP contribution < -0.4 is 0 Å². The van der Waals surface area contributed by atoms with E-state index in [0.29, 0.717) is 29.0 Å². The molecule has 3 aromatic rings. The molecular formula is C20H20FN3O2. The molecule has 5 nitrogen and oxygen atoms in total. The van der Waals surface area contributed by atoms with Crippen LogP contribution in [0.2, 0.25) is 0 Å². The number of aryl methyl sites for hydroxylation is 1. The van der Waals surface area contributed by atoms with Crippen LogP contribution >= 0.6 is 0 Å². The third kappa shape index (κ3) is 2.92. The van der Waals surface area contributed by atoms with Gasteiger partial charge in [-0.05, 0) is 62.1 Å². The molecule has 4 rings (SSSR count). The number of fused-ring (bicyclic) bond motifs is 1. The second-order valence-electron chi connectivity index (χ2n) is 6.81. The van der Waals surface area contributed by atoms with E-state index in [9.17, 15) is 14.3 Å². The second-order valence-corrected chi connectivity index (χ2v) is 6.81. The van der Waals surface area contributed by atoms with Gasteiger partial charge in [0.2, 0.25) is 0 Å². The number of nitrogens with zero attached hydrogens (tertiary/aromatic N) is 2. The fraction of sp³-hybridized carbons (Fsp3) is 0.300. The molecule has 134 valence electrons. The molecule has 0 spiro atoms. The average Bonchev–Trinajstić information content (AvgIpc) is 3.04. The lowest BCUT2D eigenvalue weighted by atomic mass is 9.99. The Kier molecular flexibility index (Phi) is 4.11. The number of amides is 1. The molecule has 0 radical (unpaired) electrons. The average molecular weight is 353 g/mol. The highest BCUT2D eigenvalue weighted by molar-refractivity contribution is 5.97. The van der Waals surface area contributed by atoms with Gasteiger partial charge >= 0.3 is 0 Å². The molecule has 1 aromatic heterocycles. The predicted molar refractivity (Wildman–Crippen MR) is 96.5 cm³/mol. The van der Waals surface area contributed by atoms with Crippen molar-refractivity contribution in [2.45, 2.75) is 32.2 Å². The Hall–Kier alpha value is -2.89. The summed E-state index contributed by atoms with van der Waals surface area (Å²) in [4.78, 5) is 22.5. The Morgan fingerprint density at radius 3 is 2.92 bits per heavy atom.